The predicted molar refractivity (Wildman–Crippen MR) is 86.3 cm³/mol. The maximum atomic E-state index is 5.49. The van der Waals surface area contributed by atoms with Gasteiger partial charge >= 0.3 is 0 Å². The molecule has 0 radical (unpaired) electrons. The highest BCUT2D eigenvalue weighted by molar-refractivity contribution is 7.09. The first-order valence-corrected chi connectivity index (χ1v) is 7.78. The SMILES string of the molecule is CCCNc1ncnc(N(C)Cc2csc(C)n2)c1OC. The Kier molecular flexibility index (Phi) is 5.32. The summed E-state index contributed by atoms with van der Waals surface area (Å²) in [4.78, 5) is 15.1. The Morgan fingerprint density at radius 2 is 2.19 bits per heavy atom. The fourth-order valence-electron chi connectivity index (χ4n) is 1.99. The number of ether oxygens (including phenoxy) is 1. The molecule has 7 heteroatoms. The van der Waals surface area contributed by atoms with Crippen LogP contribution in [0.25, 0.3) is 0 Å². The summed E-state index contributed by atoms with van der Waals surface area (Å²) in [6, 6.07) is 0. The van der Waals surface area contributed by atoms with Crippen molar-refractivity contribution >= 4 is 23.0 Å². The molecule has 0 saturated carbocycles. The van der Waals surface area contributed by atoms with Crippen LogP contribution in [-0.4, -0.2) is 35.7 Å². The van der Waals surface area contributed by atoms with Crippen LogP contribution in [0.15, 0.2) is 11.7 Å². The Bertz CT molecular complexity index is 586. The van der Waals surface area contributed by atoms with E-state index in [1.165, 1.54) is 0 Å². The van der Waals surface area contributed by atoms with Crippen LogP contribution in [0.3, 0.4) is 0 Å². The van der Waals surface area contributed by atoms with Crippen molar-refractivity contribution in [1.29, 1.82) is 0 Å². The minimum absolute atomic E-state index is 0.667. The van der Waals surface area contributed by atoms with Crippen LogP contribution in [0.1, 0.15) is 24.0 Å². The molecule has 2 rings (SSSR count). The highest BCUT2D eigenvalue weighted by atomic mass is 32.1. The summed E-state index contributed by atoms with van der Waals surface area (Å²) in [5, 5.41) is 6.39. The van der Waals surface area contributed by atoms with E-state index in [2.05, 4.69) is 32.6 Å². The molecule has 2 aromatic heterocycles. The molecule has 2 aromatic rings. The normalized spacial score (nSPS) is 10.5. The van der Waals surface area contributed by atoms with Gasteiger partial charge in [-0.05, 0) is 13.3 Å². The smallest absolute Gasteiger partial charge is 0.204 e. The van der Waals surface area contributed by atoms with Crippen molar-refractivity contribution in [2.45, 2.75) is 26.8 Å². The highest BCUT2D eigenvalue weighted by Crippen LogP contribution is 2.31. The monoisotopic (exact) mass is 307 g/mol. The second-order valence-corrected chi connectivity index (χ2v) is 5.78. The number of hydrogen-bond acceptors (Lipinski definition) is 7. The van der Waals surface area contributed by atoms with Crippen LogP contribution in [0.2, 0.25) is 0 Å². The number of nitrogens with zero attached hydrogens (tertiary/aromatic N) is 4. The average Bonchev–Trinajstić information content (AvgIpc) is 2.89. The lowest BCUT2D eigenvalue weighted by atomic mass is 10.3. The number of rotatable bonds is 7. The molecule has 0 aliphatic rings. The van der Waals surface area contributed by atoms with Crippen molar-refractivity contribution in [2.75, 3.05) is 30.9 Å². The topological polar surface area (TPSA) is 63.2 Å². The van der Waals surface area contributed by atoms with Crippen LogP contribution in [0.5, 0.6) is 5.75 Å². The number of hydrogen-bond donors (Lipinski definition) is 1. The zero-order valence-electron chi connectivity index (χ0n) is 12.9. The van der Waals surface area contributed by atoms with E-state index < -0.39 is 0 Å². The molecular weight excluding hydrogens is 286 g/mol. The number of nitrogens with one attached hydrogen (secondary N) is 1. The summed E-state index contributed by atoms with van der Waals surface area (Å²) in [5.74, 6) is 2.16. The summed E-state index contributed by atoms with van der Waals surface area (Å²) in [6.45, 7) is 5.65. The summed E-state index contributed by atoms with van der Waals surface area (Å²) < 4.78 is 5.49. The molecule has 0 aliphatic carbocycles. The van der Waals surface area contributed by atoms with Crippen molar-refractivity contribution in [1.82, 2.24) is 15.0 Å². The molecule has 0 aliphatic heterocycles. The molecule has 0 unspecified atom stereocenters. The number of aryl methyl sites for hydroxylation is 1. The summed E-state index contributed by atoms with van der Waals surface area (Å²) in [6.07, 6.45) is 2.58. The number of anilines is 2. The lowest BCUT2D eigenvalue weighted by molar-refractivity contribution is 0.412. The first kappa shape index (κ1) is 15.5. The van der Waals surface area contributed by atoms with Gasteiger partial charge in [-0.1, -0.05) is 6.92 Å². The van der Waals surface area contributed by atoms with Gasteiger partial charge in [-0.2, -0.15) is 0 Å². The van der Waals surface area contributed by atoms with E-state index in [1.54, 1.807) is 24.8 Å². The van der Waals surface area contributed by atoms with Crippen LogP contribution in [0.4, 0.5) is 11.6 Å². The third kappa shape index (κ3) is 3.81. The van der Waals surface area contributed by atoms with Crippen molar-refractivity contribution in [3.63, 3.8) is 0 Å². The van der Waals surface area contributed by atoms with E-state index >= 15 is 0 Å². The molecule has 0 amide bonds. The molecule has 114 valence electrons. The van der Waals surface area contributed by atoms with Gasteiger partial charge in [0.2, 0.25) is 5.75 Å². The minimum atomic E-state index is 0.667. The van der Waals surface area contributed by atoms with Crippen LogP contribution in [0, 0.1) is 6.92 Å². The van der Waals surface area contributed by atoms with Crippen molar-refractivity contribution in [3.8, 4) is 5.75 Å². The van der Waals surface area contributed by atoms with Gasteiger partial charge in [0.25, 0.3) is 0 Å². The fourth-order valence-corrected chi connectivity index (χ4v) is 2.60. The van der Waals surface area contributed by atoms with Gasteiger partial charge in [0.05, 0.1) is 24.4 Å². The van der Waals surface area contributed by atoms with Crippen molar-refractivity contribution in [3.05, 3.63) is 22.4 Å². The summed E-state index contributed by atoms with van der Waals surface area (Å²) >= 11 is 1.65. The van der Waals surface area contributed by atoms with E-state index in [9.17, 15) is 0 Å². The number of aromatic nitrogens is 3. The third-order valence-electron chi connectivity index (χ3n) is 2.96. The Morgan fingerprint density at radius 3 is 2.81 bits per heavy atom. The summed E-state index contributed by atoms with van der Waals surface area (Å²) in [5.41, 5.74) is 1.03. The Balaban J connectivity index is 2.21. The second kappa shape index (κ2) is 7.21. The highest BCUT2D eigenvalue weighted by Gasteiger charge is 2.16. The zero-order chi connectivity index (χ0) is 15.2. The molecule has 1 N–H and O–H groups in total. The first-order chi connectivity index (χ1) is 10.2. The average molecular weight is 307 g/mol. The third-order valence-corrected chi connectivity index (χ3v) is 3.78. The lowest BCUT2D eigenvalue weighted by Gasteiger charge is -2.20. The van der Waals surface area contributed by atoms with Gasteiger partial charge in [-0.15, -0.1) is 11.3 Å². The van der Waals surface area contributed by atoms with Gasteiger partial charge in [-0.25, -0.2) is 15.0 Å². The second-order valence-electron chi connectivity index (χ2n) is 4.72. The predicted octanol–water partition coefficient (Wildman–Crippen LogP) is 2.71. The largest absolute Gasteiger partial charge is 0.490 e. The van der Waals surface area contributed by atoms with E-state index in [0.29, 0.717) is 12.3 Å². The lowest BCUT2D eigenvalue weighted by Crippen LogP contribution is -2.20. The molecule has 21 heavy (non-hydrogen) atoms. The molecule has 0 bridgehead atoms. The van der Waals surface area contributed by atoms with Gasteiger partial charge in [0.15, 0.2) is 11.6 Å². The standard InChI is InChI=1S/C14H21N5OS/c1-5-6-15-13-12(20-4)14(17-9-16-13)19(3)7-11-8-21-10(2)18-11/h8-9H,5-7H2,1-4H3,(H,15,16,17). The van der Waals surface area contributed by atoms with Crippen LogP contribution >= 0.6 is 11.3 Å². The number of thiazole rings is 1. The van der Waals surface area contributed by atoms with E-state index in [1.807, 2.05) is 18.9 Å². The van der Waals surface area contributed by atoms with Gasteiger partial charge < -0.3 is 15.0 Å². The van der Waals surface area contributed by atoms with E-state index in [0.717, 1.165) is 35.3 Å². The molecule has 0 aromatic carbocycles. The van der Waals surface area contributed by atoms with Crippen molar-refractivity contribution < 1.29 is 4.74 Å². The Labute approximate surface area is 129 Å². The molecule has 6 nitrogen and oxygen atoms in total. The van der Waals surface area contributed by atoms with Gasteiger partial charge in [0, 0.05) is 19.0 Å². The summed E-state index contributed by atoms with van der Waals surface area (Å²) in [7, 11) is 3.61. The fraction of sp³-hybridized carbons (Fsp3) is 0.500. The quantitative estimate of drug-likeness (QED) is 0.848. The van der Waals surface area contributed by atoms with Gasteiger partial charge in [0.1, 0.15) is 6.33 Å². The minimum Gasteiger partial charge on any atom is -0.490 e. The molecule has 0 saturated heterocycles. The van der Waals surface area contributed by atoms with Crippen LogP contribution < -0.4 is 15.0 Å². The van der Waals surface area contributed by atoms with E-state index in [-0.39, 0.29) is 0 Å². The first-order valence-electron chi connectivity index (χ1n) is 6.90. The van der Waals surface area contributed by atoms with Crippen molar-refractivity contribution in [2.24, 2.45) is 0 Å². The molecular formula is C14H21N5OS. The van der Waals surface area contributed by atoms with Gasteiger partial charge in [-0.3, -0.25) is 0 Å². The maximum absolute atomic E-state index is 5.49. The molecule has 0 atom stereocenters. The van der Waals surface area contributed by atoms with Crippen LogP contribution in [-0.2, 0) is 6.54 Å². The molecule has 0 fully saturated rings. The Morgan fingerprint density at radius 1 is 1.38 bits per heavy atom. The molecule has 0 spiro atoms. The number of methoxy groups -OCH3 is 1. The zero-order valence-corrected chi connectivity index (χ0v) is 13.7. The maximum Gasteiger partial charge on any atom is 0.204 e. The molecule has 2 heterocycles. The Hall–Kier alpha value is -1.89. The van der Waals surface area contributed by atoms with E-state index in [4.69, 9.17) is 4.74 Å².